The SMILES string of the molecule is Nc1ccc(Cl)cc1CN1CCN(C(=O)CNC(=O)[C@H]2CC23CCC(F)(F)CC3)CC1. The number of hydrogen-bond acceptors (Lipinski definition) is 4. The molecule has 9 heteroatoms. The van der Waals surface area contributed by atoms with Crippen molar-refractivity contribution in [2.75, 3.05) is 38.5 Å². The summed E-state index contributed by atoms with van der Waals surface area (Å²) >= 11 is 6.05. The normalized spacial score (nSPS) is 24.7. The molecule has 4 rings (SSSR count). The second-order valence-electron chi connectivity index (χ2n) is 9.19. The first-order valence-electron chi connectivity index (χ1n) is 10.9. The number of carbonyl (C=O) groups is 2. The highest BCUT2D eigenvalue weighted by atomic mass is 35.5. The Bertz CT molecular complexity index is 848. The molecule has 1 aromatic rings. The van der Waals surface area contributed by atoms with Crippen molar-refractivity contribution >= 4 is 29.1 Å². The van der Waals surface area contributed by atoms with Gasteiger partial charge in [-0.2, -0.15) is 0 Å². The number of piperazine rings is 1. The quantitative estimate of drug-likeness (QED) is 0.670. The molecule has 6 nitrogen and oxygen atoms in total. The minimum atomic E-state index is -2.59. The summed E-state index contributed by atoms with van der Waals surface area (Å²) in [5.41, 5.74) is 7.43. The Balaban J connectivity index is 1.19. The minimum absolute atomic E-state index is 0.0389. The maximum Gasteiger partial charge on any atom is 0.248 e. The third-order valence-corrected chi connectivity index (χ3v) is 7.36. The number of halogens is 3. The molecule has 1 heterocycles. The number of anilines is 1. The Hall–Kier alpha value is -1.93. The van der Waals surface area contributed by atoms with Crippen molar-refractivity contribution in [1.29, 1.82) is 0 Å². The first-order chi connectivity index (χ1) is 14.7. The van der Waals surface area contributed by atoms with Gasteiger partial charge in [0.25, 0.3) is 0 Å². The Kier molecular flexibility index (Phi) is 6.14. The van der Waals surface area contributed by atoms with E-state index in [2.05, 4.69) is 10.2 Å². The fourth-order valence-corrected chi connectivity index (χ4v) is 5.08. The molecule has 2 saturated carbocycles. The summed E-state index contributed by atoms with van der Waals surface area (Å²) in [7, 11) is 0. The van der Waals surface area contributed by atoms with E-state index in [1.165, 1.54) is 0 Å². The molecule has 1 spiro atoms. The van der Waals surface area contributed by atoms with E-state index in [0.717, 1.165) is 5.56 Å². The second-order valence-corrected chi connectivity index (χ2v) is 9.63. The van der Waals surface area contributed by atoms with Crippen molar-refractivity contribution < 1.29 is 18.4 Å². The molecule has 0 aromatic heterocycles. The van der Waals surface area contributed by atoms with Gasteiger partial charge in [0, 0.05) is 62.2 Å². The molecular formula is C22H29ClF2N4O2. The Labute approximate surface area is 186 Å². The molecule has 3 N–H and O–H groups in total. The predicted molar refractivity (Wildman–Crippen MR) is 115 cm³/mol. The van der Waals surface area contributed by atoms with Crippen molar-refractivity contribution in [2.24, 2.45) is 11.3 Å². The van der Waals surface area contributed by atoms with Crippen LogP contribution in [0.3, 0.4) is 0 Å². The standard InChI is InChI=1S/C22H29ClF2N4O2/c23-16-1-2-18(26)15(11-16)14-28-7-9-29(10-8-28)19(30)13-27-20(31)17-12-21(17)3-5-22(24,25)6-4-21/h1-2,11,17H,3-10,12-14,26H2,(H,27,31)/t17-/m1/s1. The average molecular weight is 455 g/mol. The molecule has 2 aliphatic carbocycles. The van der Waals surface area contributed by atoms with Crippen LogP contribution in [-0.2, 0) is 16.1 Å². The maximum absolute atomic E-state index is 13.4. The van der Waals surface area contributed by atoms with Gasteiger partial charge in [-0.15, -0.1) is 0 Å². The summed E-state index contributed by atoms with van der Waals surface area (Å²) in [6.07, 6.45) is 1.17. The van der Waals surface area contributed by atoms with Crippen molar-refractivity contribution in [3.05, 3.63) is 28.8 Å². The lowest BCUT2D eigenvalue weighted by atomic mass is 9.82. The topological polar surface area (TPSA) is 78.7 Å². The molecular weight excluding hydrogens is 426 g/mol. The zero-order chi connectivity index (χ0) is 22.2. The zero-order valence-corrected chi connectivity index (χ0v) is 18.3. The van der Waals surface area contributed by atoms with Crippen LogP contribution in [0.25, 0.3) is 0 Å². The van der Waals surface area contributed by atoms with E-state index in [-0.39, 0.29) is 42.5 Å². The maximum atomic E-state index is 13.4. The van der Waals surface area contributed by atoms with E-state index in [1.54, 1.807) is 17.0 Å². The minimum Gasteiger partial charge on any atom is -0.398 e. The van der Waals surface area contributed by atoms with Gasteiger partial charge < -0.3 is 16.0 Å². The third-order valence-electron chi connectivity index (χ3n) is 7.12. The molecule has 1 aromatic carbocycles. The number of nitrogen functional groups attached to an aromatic ring is 1. The molecule has 1 aliphatic heterocycles. The fraction of sp³-hybridized carbons (Fsp3) is 0.636. The van der Waals surface area contributed by atoms with Gasteiger partial charge in [-0.05, 0) is 48.4 Å². The number of nitrogens with one attached hydrogen (secondary N) is 1. The number of hydrogen-bond donors (Lipinski definition) is 2. The summed E-state index contributed by atoms with van der Waals surface area (Å²) in [5.74, 6) is -3.10. The summed E-state index contributed by atoms with van der Waals surface area (Å²) in [5, 5.41) is 3.38. The number of carbonyl (C=O) groups excluding carboxylic acids is 2. The van der Waals surface area contributed by atoms with Crippen LogP contribution in [0, 0.1) is 11.3 Å². The van der Waals surface area contributed by atoms with Crippen molar-refractivity contribution in [2.45, 2.75) is 44.6 Å². The van der Waals surface area contributed by atoms with E-state index in [0.29, 0.717) is 62.7 Å². The van der Waals surface area contributed by atoms with Crippen LogP contribution in [0.15, 0.2) is 18.2 Å². The van der Waals surface area contributed by atoms with Crippen LogP contribution in [0.4, 0.5) is 14.5 Å². The number of nitrogens with zero attached hydrogens (tertiary/aromatic N) is 2. The monoisotopic (exact) mass is 454 g/mol. The van der Waals surface area contributed by atoms with Crippen molar-refractivity contribution in [1.82, 2.24) is 15.1 Å². The molecule has 2 amide bonds. The van der Waals surface area contributed by atoms with Crippen LogP contribution in [-0.4, -0.2) is 60.3 Å². The molecule has 31 heavy (non-hydrogen) atoms. The van der Waals surface area contributed by atoms with E-state index in [4.69, 9.17) is 17.3 Å². The van der Waals surface area contributed by atoms with Gasteiger partial charge in [0.05, 0.1) is 6.54 Å². The number of nitrogens with two attached hydrogens (primary N) is 1. The number of amides is 2. The molecule has 3 fully saturated rings. The Morgan fingerprint density at radius 1 is 1.13 bits per heavy atom. The van der Waals surface area contributed by atoms with Crippen molar-refractivity contribution in [3.63, 3.8) is 0 Å². The fourth-order valence-electron chi connectivity index (χ4n) is 4.89. The summed E-state index contributed by atoms with van der Waals surface area (Å²) in [6, 6.07) is 5.42. The van der Waals surface area contributed by atoms with Crippen LogP contribution < -0.4 is 11.1 Å². The van der Waals surface area contributed by atoms with E-state index in [1.807, 2.05) is 6.07 Å². The molecule has 1 saturated heterocycles. The average Bonchev–Trinajstić information content (AvgIpc) is 3.46. The zero-order valence-electron chi connectivity index (χ0n) is 17.5. The lowest BCUT2D eigenvalue weighted by molar-refractivity contribution is -0.135. The van der Waals surface area contributed by atoms with E-state index >= 15 is 0 Å². The number of rotatable bonds is 5. The summed E-state index contributed by atoms with van der Waals surface area (Å²) in [6.45, 7) is 3.23. The van der Waals surface area contributed by atoms with Crippen molar-refractivity contribution in [3.8, 4) is 0 Å². The van der Waals surface area contributed by atoms with Gasteiger partial charge >= 0.3 is 0 Å². The Morgan fingerprint density at radius 3 is 2.48 bits per heavy atom. The largest absolute Gasteiger partial charge is 0.398 e. The van der Waals surface area contributed by atoms with Gasteiger partial charge in [0.1, 0.15) is 0 Å². The predicted octanol–water partition coefficient (Wildman–Crippen LogP) is 2.90. The Morgan fingerprint density at radius 2 is 1.81 bits per heavy atom. The molecule has 170 valence electrons. The highest BCUT2D eigenvalue weighted by Crippen LogP contribution is 2.63. The van der Waals surface area contributed by atoms with Crippen LogP contribution in [0.5, 0.6) is 0 Å². The molecule has 0 bridgehead atoms. The van der Waals surface area contributed by atoms with Crippen LogP contribution in [0.2, 0.25) is 5.02 Å². The lowest BCUT2D eigenvalue weighted by Gasteiger charge is -2.35. The molecule has 0 radical (unpaired) electrons. The van der Waals surface area contributed by atoms with Gasteiger partial charge in [-0.1, -0.05) is 11.6 Å². The number of alkyl halides is 2. The lowest BCUT2D eigenvalue weighted by Crippen LogP contribution is -2.51. The summed E-state index contributed by atoms with van der Waals surface area (Å²) in [4.78, 5) is 28.9. The van der Waals surface area contributed by atoms with Gasteiger partial charge in [0.15, 0.2) is 0 Å². The van der Waals surface area contributed by atoms with Crippen LogP contribution in [0.1, 0.15) is 37.7 Å². The molecule has 3 aliphatic rings. The second kappa shape index (κ2) is 8.54. The molecule has 0 unspecified atom stereocenters. The highest BCUT2D eigenvalue weighted by molar-refractivity contribution is 6.30. The van der Waals surface area contributed by atoms with E-state index < -0.39 is 5.92 Å². The van der Waals surface area contributed by atoms with Gasteiger partial charge in [-0.25, -0.2) is 8.78 Å². The summed E-state index contributed by atoms with van der Waals surface area (Å²) < 4.78 is 26.8. The van der Waals surface area contributed by atoms with E-state index in [9.17, 15) is 18.4 Å². The van der Waals surface area contributed by atoms with Crippen LogP contribution >= 0.6 is 11.6 Å². The first kappa shape index (κ1) is 22.3. The molecule has 1 atom stereocenters. The van der Waals surface area contributed by atoms with Gasteiger partial charge in [-0.3, -0.25) is 14.5 Å². The smallest absolute Gasteiger partial charge is 0.248 e. The first-order valence-corrected chi connectivity index (χ1v) is 11.2. The number of benzene rings is 1. The highest BCUT2D eigenvalue weighted by Gasteiger charge is 2.60. The third kappa shape index (κ3) is 5.12. The van der Waals surface area contributed by atoms with Gasteiger partial charge in [0.2, 0.25) is 17.7 Å².